The van der Waals surface area contributed by atoms with Crippen LogP contribution in [0.4, 0.5) is 11.4 Å². The number of anilines is 1. The van der Waals surface area contributed by atoms with Crippen molar-refractivity contribution in [3.8, 4) is 0 Å². The first kappa shape index (κ1) is 15.7. The number of amides is 1. The summed E-state index contributed by atoms with van der Waals surface area (Å²) in [5.41, 5.74) is 2.22. The minimum atomic E-state index is -0.486. The number of carbonyl (C=O) groups excluding carboxylic acids is 1. The third-order valence-corrected chi connectivity index (χ3v) is 3.69. The average molecular weight is 298 g/mol. The fraction of sp³-hybridized carbons (Fsp3) is 0.235. The molecule has 0 aliphatic carbocycles. The van der Waals surface area contributed by atoms with Gasteiger partial charge in [0.05, 0.1) is 4.92 Å². The molecule has 5 heteroatoms. The van der Waals surface area contributed by atoms with E-state index in [2.05, 4.69) is 19.2 Å². The Morgan fingerprint density at radius 2 is 1.82 bits per heavy atom. The van der Waals surface area contributed by atoms with E-state index < -0.39 is 4.92 Å². The van der Waals surface area contributed by atoms with Gasteiger partial charge in [-0.2, -0.15) is 0 Å². The number of hydrogen-bond donors (Lipinski definition) is 1. The molecule has 2 aromatic rings. The highest BCUT2D eigenvalue weighted by molar-refractivity contribution is 6.04. The highest BCUT2D eigenvalue weighted by Gasteiger charge is 2.13. The minimum absolute atomic E-state index is 0.0310. The van der Waals surface area contributed by atoms with E-state index in [1.165, 1.54) is 24.3 Å². The fourth-order valence-electron chi connectivity index (χ4n) is 2.19. The van der Waals surface area contributed by atoms with Gasteiger partial charge >= 0.3 is 0 Å². The molecule has 5 nitrogen and oxygen atoms in total. The Hall–Kier alpha value is -2.69. The van der Waals surface area contributed by atoms with Gasteiger partial charge < -0.3 is 5.32 Å². The molecule has 0 aliphatic rings. The zero-order chi connectivity index (χ0) is 16.1. The molecule has 1 amide bonds. The quantitative estimate of drug-likeness (QED) is 0.658. The Balaban J connectivity index is 2.20. The van der Waals surface area contributed by atoms with Gasteiger partial charge in [0.2, 0.25) is 0 Å². The highest BCUT2D eigenvalue weighted by Crippen LogP contribution is 2.27. The Kier molecular flexibility index (Phi) is 4.88. The van der Waals surface area contributed by atoms with Gasteiger partial charge in [0, 0.05) is 23.4 Å². The number of nitro benzene ring substituents is 1. The van der Waals surface area contributed by atoms with E-state index in [4.69, 9.17) is 0 Å². The summed E-state index contributed by atoms with van der Waals surface area (Å²) < 4.78 is 0. The second-order valence-electron chi connectivity index (χ2n) is 5.15. The summed E-state index contributed by atoms with van der Waals surface area (Å²) in [6, 6.07) is 13.3. The maximum absolute atomic E-state index is 12.3. The summed E-state index contributed by atoms with van der Waals surface area (Å²) in [5, 5.41) is 13.5. The maximum atomic E-state index is 12.3. The monoisotopic (exact) mass is 298 g/mol. The third kappa shape index (κ3) is 3.49. The van der Waals surface area contributed by atoms with Crippen molar-refractivity contribution in [3.05, 3.63) is 69.8 Å². The summed E-state index contributed by atoms with van der Waals surface area (Å²) in [5.74, 6) is 0.0685. The van der Waals surface area contributed by atoms with Crippen molar-refractivity contribution < 1.29 is 9.72 Å². The Morgan fingerprint density at radius 1 is 1.18 bits per heavy atom. The molecule has 2 aromatic carbocycles. The Labute approximate surface area is 129 Å². The number of nitrogens with zero attached hydrogens (tertiary/aromatic N) is 1. The van der Waals surface area contributed by atoms with Crippen molar-refractivity contribution in [1.82, 2.24) is 0 Å². The van der Waals surface area contributed by atoms with Crippen LogP contribution in [0.25, 0.3) is 0 Å². The molecule has 0 aliphatic heterocycles. The van der Waals surface area contributed by atoms with Crippen LogP contribution >= 0.6 is 0 Å². The van der Waals surface area contributed by atoms with Crippen molar-refractivity contribution in [2.75, 3.05) is 5.32 Å². The standard InChI is InChI=1S/C17H18N2O3/c1-3-12(2)15-6-4-5-7-16(15)18-17(20)13-8-10-14(11-9-13)19(21)22/h4-12H,3H2,1-2H3,(H,18,20). The molecule has 0 saturated carbocycles. The van der Waals surface area contributed by atoms with E-state index in [0.29, 0.717) is 11.5 Å². The SMILES string of the molecule is CCC(C)c1ccccc1NC(=O)c1ccc([N+](=O)[O-])cc1. The molecule has 0 spiro atoms. The third-order valence-electron chi connectivity index (χ3n) is 3.69. The topological polar surface area (TPSA) is 72.2 Å². The van der Waals surface area contributed by atoms with Gasteiger partial charge in [0.1, 0.15) is 0 Å². The van der Waals surface area contributed by atoms with Gasteiger partial charge in [-0.3, -0.25) is 14.9 Å². The predicted molar refractivity (Wildman–Crippen MR) is 86.2 cm³/mol. The molecule has 1 unspecified atom stereocenters. The molecule has 0 fully saturated rings. The van der Waals surface area contributed by atoms with Crippen LogP contribution in [0.5, 0.6) is 0 Å². The number of non-ortho nitro benzene ring substituents is 1. The molecule has 1 N–H and O–H groups in total. The zero-order valence-corrected chi connectivity index (χ0v) is 12.6. The first-order valence-corrected chi connectivity index (χ1v) is 7.17. The van der Waals surface area contributed by atoms with Crippen LogP contribution in [-0.4, -0.2) is 10.8 Å². The number of para-hydroxylation sites is 1. The predicted octanol–water partition coefficient (Wildman–Crippen LogP) is 4.36. The zero-order valence-electron chi connectivity index (χ0n) is 12.6. The molecular formula is C17H18N2O3. The first-order valence-electron chi connectivity index (χ1n) is 7.17. The van der Waals surface area contributed by atoms with E-state index in [0.717, 1.165) is 17.7 Å². The molecule has 0 bridgehead atoms. The number of carbonyl (C=O) groups is 1. The van der Waals surface area contributed by atoms with Crippen LogP contribution in [0.1, 0.15) is 42.1 Å². The largest absolute Gasteiger partial charge is 0.322 e. The van der Waals surface area contributed by atoms with Gasteiger partial charge in [0.25, 0.3) is 11.6 Å². The van der Waals surface area contributed by atoms with E-state index in [1.807, 2.05) is 24.3 Å². The highest BCUT2D eigenvalue weighted by atomic mass is 16.6. The summed E-state index contributed by atoms with van der Waals surface area (Å²) >= 11 is 0. The van der Waals surface area contributed by atoms with Gasteiger partial charge in [0.15, 0.2) is 0 Å². The molecule has 2 rings (SSSR count). The summed E-state index contributed by atoms with van der Waals surface area (Å²) in [6.07, 6.45) is 0.977. The lowest BCUT2D eigenvalue weighted by Gasteiger charge is -2.15. The molecule has 0 aromatic heterocycles. The number of rotatable bonds is 5. The van der Waals surface area contributed by atoms with Gasteiger partial charge in [-0.25, -0.2) is 0 Å². The van der Waals surface area contributed by atoms with Crippen molar-refractivity contribution in [1.29, 1.82) is 0 Å². The second kappa shape index (κ2) is 6.85. The van der Waals surface area contributed by atoms with Crippen LogP contribution in [0.3, 0.4) is 0 Å². The van der Waals surface area contributed by atoms with Crippen molar-refractivity contribution in [3.63, 3.8) is 0 Å². The van der Waals surface area contributed by atoms with Gasteiger partial charge in [-0.15, -0.1) is 0 Å². The molecule has 114 valence electrons. The summed E-state index contributed by atoms with van der Waals surface area (Å²) in [6.45, 7) is 4.20. The lowest BCUT2D eigenvalue weighted by atomic mass is 9.97. The minimum Gasteiger partial charge on any atom is -0.322 e. The summed E-state index contributed by atoms with van der Waals surface area (Å²) in [7, 11) is 0. The lowest BCUT2D eigenvalue weighted by molar-refractivity contribution is -0.384. The fourth-order valence-corrected chi connectivity index (χ4v) is 2.19. The summed E-state index contributed by atoms with van der Waals surface area (Å²) in [4.78, 5) is 22.4. The van der Waals surface area contributed by atoms with Gasteiger partial charge in [-0.1, -0.05) is 32.0 Å². The van der Waals surface area contributed by atoms with Gasteiger partial charge in [-0.05, 0) is 36.1 Å². The number of nitrogens with one attached hydrogen (secondary N) is 1. The van der Waals surface area contributed by atoms with Crippen molar-refractivity contribution in [2.24, 2.45) is 0 Å². The second-order valence-corrected chi connectivity index (χ2v) is 5.15. The van der Waals surface area contributed by atoms with Crippen molar-refractivity contribution >= 4 is 17.3 Å². The normalized spacial score (nSPS) is 11.7. The van der Waals surface area contributed by atoms with E-state index in [1.54, 1.807) is 0 Å². The van der Waals surface area contributed by atoms with E-state index >= 15 is 0 Å². The molecule has 22 heavy (non-hydrogen) atoms. The van der Waals surface area contributed by atoms with E-state index in [9.17, 15) is 14.9 Å². The lowest BCUT2D eigenvalue weighted by Crippen LogP contribution is -2.13. The average Bonchev–Trinajstić information content (AvgIpc) is 2.54. The number of nitro groups is 1. The Morgan fingerprint density at radius 3 is 2.41 bits per heavy atom. The molecule has 0 heterocycles. The number of hydrogen-bond acceptors (Lipinski definition) is 3. The van der Waals surface area contributed by atoms with Crippen LogP contribution in [-0.2, 0) is 0 Å². The smallest absolute Gasteiger partial charge is 0.269 e. The molecular weight excluding hydrogens is 280 g/mol. The molecule has 1 atom stereocenters. The first-order chi connectivity index (χ1) is 10.5. The van der Waals surface area contributed by atoms with Crippen molar-refractivity contribution in [2.45, 2.75) is 26.2 Å². The van der Waals surface area contributed by atoms with E-state index in [-0.39, 0.29) is 11.6 Å². The van der Waals surface area contributed by atoms with Crippen LogP contribution in [0, 0.1) is 10.1 Å². The van der Waals surface area contributed by atoms with Crippen LogP contribution < -0.4 is 5.32 Å². The maximum Gasteiger partial charge on any atom is 0.269 e. The van der Waals surface area contributed by atoms with Crippen LogP contribution in [0.2, 0.25) is 0 Å². The molecule has 0 radical (unpaired) electrons. The van der Waals surface area contributed by atoms with Crippen LogP contribution in [0.15, 0.2) is 48.5 Å². The number of benzene rings is 2. The Bertz CT molecular complexity index is 681. The molecule has 0 saturated heterocycles.